The smallest absolute Gasteiger partial charge is 0.407 e. The van der Waals surface area contributed by atoms with Gasteiger partial charge in [-0.2, -0.15) is 0 Å². The number of pyridine rings is 1. The highest BCUT2D eigenvalue weighted by molar-refractivity contribution is 5.77. The van der Waals surface area contributed by atoms with Crippen molar-refractivity contribution in [2.75, 3.05) is 13.1 Å². The van der Waals surface area contributed by atoms with Gasteiger partial charge in [0.2, 0.25) is 5.91 Å². The molecule has 122 valence electrons. The summed E-state index contributed by atoms with van der Waals surface area (Å²) in [5, 5.41) is 2.59. The van der Waals surface area contributed by atoms with Crippen molar-refractivity contribution < 1.29 is 14.3 Å². The lowest BCUT2D eigenvalue weighted by Gasteiger charge is -2.22. The van der Waals surface area contributed by atoms with Gasteiger partial charge in [0, 0.05) is 38.4 Å². The lowest BCUT2D eigenvalue weighted by Crippen LogP contribution is -2.36. The molecule has 6 heteroatoms. The number of ether oxygens (including phenoxy) is 1. The van der Waals surface area contributed by atoms with E-state index in [0.29, 0.717) is 13.1 Å². The van der Waals surface area contributed by atoms with Crippen molar-refractivity contribution in [2.24, 2.45) is 0 Å². The first kappa shape index (κ1) is 17.9. The van der Waals surface area contributed by atoms with Crippen molar-refractivity contribution in [3.8, 4) is 0 Å². The van der Waals surface area contributed by atoms with E-state index in [4.69, 9.17) is 4.74 Å². The molecule has 1 rings (SSSR count). The highest BCUT2D eigenvalue weighted by atomic mass is 16.6. The van der Waals surface area contributed by atoms with Crippen LogP contribution in [0.5, 0.6) is 0 Å². The van der Waals surface area contributed by atoms with Gasteiger partial charge in [0.05, 0.1) is 0 Å². The predicted molar refractivity (Wildman–Crippen MR) is 84.2 cm³/mol. The molecule has 0 bridgehead atoms. The maximum Gasteiger partial charge on any atom is 0.407 e. The number of carbonyl (C=O) groups is 2. The number of aromatic nitrogens is 1. The zero-order chi connectivity index (χ0) is 16.6. The summed E-state index contributed by atoms with van der Waals surface area (Å²) in [5.41, 5.74) is 0.496. The second kappa shape index (κ2) is 8.36. The highest BCUT2D eigenvalue weighted by Gasteiger charge is 2.17. The molecule has 0 unspecified atom stereocenters. The summed E-state index contributed by atoms with van der Waals surface area (Å²) in [5.74, 6) is -0.00429. The van der Waals surface area contributed by atoms with Crippen molar-refractivity contribution in [3.05, 3.63) is 30.1 Å². The Labute approximate surface area is 131 Å². The van der Waals surface area contributed by atoms with Gasteiger partial charge < -0.3 is 15.0 Å². The van der Waals surface area contributed by atoms with Crippen molar-refractivity contribution >= 4 is 12.0 Å². The van der Waals surface area contributed by atoms with E-state index in [1.54, 1.807) is 38.1 Å². The van der Waals surface area contributed by atoms with Gasteiger partial charge in [-0.15, -0.1) is 0 Å². The third kappa shape index (κ3) is 7.06. The van der Waals surface area contributed by atoms with Crippen LogP contribution in [0.25, 0.3) is 0 Å². The molecule has 2 amide bonds. The van der Waals surface area contributed by atoms with E-state index < -0.39 is 11.7 Å². The molecule has 6 nitrogen and oxygen atoms in total. The summed E-state index contributed by atoms with van der Waals surface area (Å²) in [6, 6.07) is 3.77. The highest BCUT2D eigenvalue weighted by Crippen LogP contribution is 2.07. The van der Waals surface area contributed by atoms with E-state index in [0.717, 1.165) is 5.56 Å². The molecule has 1 N–H and O–H groups in total. The average molecular weight is 307 g/mol. The number of hydrogen-bond acceptors (Lipinski definition) is 4. The number of nitrogens with one attached hydrogen (secondary N) is 1. The summed E-state index contributed by atoms with van der Waals surface area (Å²) in [6.07, 6.45) is 3.16. The van der Waals surface area contributed by atoms with Crippen LogP contribution in [0.2, 0.25) is 0 Å². The van der Waals surface area contributed by atoms with Gasteiger partial charge in [-0.1, -0.05) is 0 Å². The minimum Gasteiger partial charge on any atom is -0.444 e. The molecule has 0 radical (unpaired) electrons. The number of nitrogens with zero attached hydrogens (tertiary/aromatic N) is 2. The molecule has 1 heterocycles. The fraction of sp³-hybridized carbons (Fsp3) is 0.562. The number of carbonyl (C=O) groups excluding carboxylic acids is 2. The summed E-state index contributed by atoms with van der Waals surface area (Å²) < 4.78 is 5.12. The van der Waals surface area contributed by atoms with Crippen LogP contribution in [-0.2, 0) is 16.1 Å². The molecule has 0 saturated heterocycles. The zero-order valence-corrected chi connectivity index (χ0v) is 13.8. The quantitative estimate of drug-likeness (QED) is 0.875. The van der Waals surface area contributed by atoms with Crippen LogP contribution in [0.15, 0.2) is 24.5 Å². The maximum absolute atomic E-state index is 12.2. The molecule has 0 spiro atoms. The molecule has 22 heavy (non-hydrogen) atoms. The molecule has 0 aliphatic rings. The minimum atomic E-state index is -0.537. The average Bonchev–Trinajstić information content (AvgIpc) is 2.43. The largest absolute Gasteiger partial charge is 0.444 e. The molecular weight excluding hydrogens is 282 g/mol. The Morgan fingerprint density at radius 1 is 1.27 bits per heavy atom. The lowest BCUT2D eigenvalue weighted by atomic mass is 10.2. The second-order valence-electron chi connectivity index (χ2n) is 5.94. The van der Waals surface area contributed by atoms with Gasteiger partial charge in [-0.05, 0) is 45.4 Å². The number of alkyl carbamates (subject to hydrolysis) is 1. The van der Waals surface area contributed by atoms with E-state index in [9.17, 15) is 9.59 Å². The van der Waals surface area contributed by atoms with Crippen molar-refractivity contribution in [3.63, 3.8) is 0 Å². The summed E-state index contributed by atoms with van der Waals surface area (Å²) >= 11 is 0. The third-order valence-corrected chi connectivity index (χ3v) is 2.86. The molecular formula is C16H25N3O3. The second-order valence-corrected chi connectivity index (χ2v) is 5.94. The van der Waals surface area contributed by atoms with Crippen LogP contribution in [0.4, 0.5) is 4.79 Å². The molecule has 0 aromatic carbocycles. The summed E-state index contributed by atoms with van der Waals surface area (Å²) in [4.78, 5) is 29.4. The number of rotatable bonds is 6. The van der Waals surface area contributed by atoms with Crippen LogP contribution in [0.3, 0.4) is 0 Å². The standard InChI is InChI=1S/C16H25N3O3/c1-5-19(12-13-6-9-17-10-7-13)14(20)8-11-18-15(21)22-16(2,3)4/h6-7,9-10H,5,8,11-12H2,1-4H3,(H,18,21). The lowest BCUT2D eigenvalue weighted by molar-refractivity contribution is -0.131. The van der Waals surface area contributed by atoms with Crippen molar-refractivity contribution in [1.82, 2.24) is 15.2 Å². The Kier molecular flexibility index (Phi) is 6.82. The normalized spacial score (nSPS) is 10.9. The van der Waals surface area contributed by atoms with Crippen molar-refractivity contribution in [1.29, 1.82) is 0 Å². The Morgan fingerprint density at radius 3 is 2.45 bits per heavy atom. The first-order valence-electron chi connectivity index (χ1n) is 7.45. The van der Waals surface area contributed by atoms with E-state index in [1.165, 1.54) is 0 Å². The molecule has 1 aromatic heterocycles. The Bertz CT molecular complexity index is 483. The Balaban J connectivity index is 2.38. The van der Waals surface area contributed by atoms with Gasteiger partial charge in [-0.3, -0.25) is 9.78 Å². The van der Waals surface area contributed by atoms with Crippen molar-refractivity contribution in [2.45, 2.75) is 46.3 Å². The number of hydrogen-bond donors (Lipinski definition) is 1. The first-order valence-corrected chi connectivity index (χ1v) is 7.45. The zero-order valence-electron chi connectivity index (χ0n) is 13.8. The fourth-order valence-corrected chi connectivity index (χ4v) is 1.83. The monoisotopic (exact) mass is 307 g/mol. The predicted octanol–water partition coefficient (Wildman–Crippen LogP) is 2.34. The Hall–Kier alpha value is -2.11. The summed E-state index contributed by atoms with van der Waals surface area (Å²) in [6.45, 7) is 8.75. The van der Waals surface area contributed by atoms with Gasteiger partial charge >= 0.3 is 6.09 Å². The van der Waals surface area contributed by atoms with Crippen LogP contribution in [-0.4, -0.2) is 40.6 Å². The molecule has 0 fully saturated rings. The van der Waals surface area contributed by atoms with E-state index >= 15 is 0 Å². The third-order valence-electron chi connectivity index (χ3n) is 2.86. The van der Waals surface area contributed by atoms with Gasteiger partial charge in [-0.25, -0.2) is 4.79 Å². The minimum absolute atomic E-state index is 0.00429. The first-order chi connectivity index (χ1) is 10.3. The van der Waals surface area contributed by atoms with E-state index in [1.807, 2.05) is 19.1 Å². The molecule has 1 aromatic rings. The van der Waals surface area contributed by atoms with Gasteiger partial charge in [0.25, 0.3) is 0 Å². The SMILES string of the molecule is CCN(Cc1ccncc1)C(=O)CCNC(=O)OC(C)(C)C. The van der Waals surface area contributed by atoms with Crippen LogP contribution in [0, 0.1) is 0 Å². The topological polar surface area (TPSA) is 71.5 Å². The maximum atomic E-state index is 12.2. The molecule has 0 atom stereocenters. The molecule has 0 aliphatic carbocycles. The van der Waals surface area contributed by atoms with E-state index in [2.05, 4.69) is 10.3 Å². The van der Waals surface area contributed by atoms with Crippen LogP contribution in [0.1, 0.15) is 39.7 Å². The van der Waals surface area contributed by atoms with E-state index in [-0.39, 0.29) is 18.9 Å². The van der Waals surface area contributed by atoms with Crippen LogP contribution < -0.4 is 5.32 Å². The molecule has 0 aliphatic heterocycles. The van der Waals surface area contributed by atoms with Gasteiger partial charge in [0.15, 0.2) is 0 Å². The number of amides is 2. The summed E-state index contributed by atoms with van der Waals surface area (Å²) in [7, 11) is 0. The van der Waals surface area contributed by atoms with Gasteiger partial charge in [0.1, 0.15) is 5.60 Å². The van der Waals surface area contributed by atoms with Crippen LogP contribution >= 0.6 is 0 Å². The fourth-order valence-electron chi connectivity index (χ4n) is 1.83. The Morgan fingerprint density at radius 2 is 1.91 bits per heavy atom. The molecule has 0 saturated carbocycles.